The van der Waals surface area contributed by atoms with Crippen LogP contribution in [0.15, 0.2) is 0 Å². The lowest BCUT2D eigenvalue weighted by Crippen LogP contribution is -2.28. The van der Waals surface area contributed by atoms with Gasteiger partial charge >= 0.3 is 0 Å². The van der Waals surface area contributed by atoms with Gasteiger partial charge in [0.05, 0.1) is 6.61 Å². The highest BCUT2D eigenvalue weighted by Crippen LogP contribution is 2.04. The Hall–Kier alpha value is -0.0800. The lowest BCUT2D eigenvalue weighted by atomic mass is 10.1. The Balaban J connectivity index is 3.36. The van der Waals surface area contributed by atoms with Gasteiger partial charge in [-0.05, 0) is 31.8 Å². The number of nitrogens with zero attached hydrogens (tertiary/aromatic N) is 1. The molecule has 0 aliphatic rings. The van der Waals surface area contributed by atoms with Crippen LogP contribution < -0.4 is 0 Å². The predicted molar refractivity (Wildman–Crippen MR) is 58.1 cm³/mol. The molecule has 0 aliphatic carbocycles. The molecule has 0 saturated carbocycles. The Labute approximate surface area is 83.3 Å². The van der Waals surface area contributed by atoms with Crippen molar-refractivity contribution >= 4 is 0 Å². The van der Waals surface area contributed by atoms with E-state index in [2.05, 4.69) is 25.7 Å². The first kappa shape index (κ1) is 12.9. The van der Waals surface area contributed by atoms with Crippen LogP contribution in [0.5, 0.6) is 0 Å². The first-order valence-electron chi connectivity index (χ1n) is 5.42. The minimum atomic E-state index is 0.834. The molecule has 2 heteroatoms. The summed E-state index contributed by atoms with van der Waals surface area (Å²) in [5.41, 5.74) is 0. The molecule has 80 valence electrons. The van der Waals surface area contributed by atoms with E-state index in [0.717, 1.165) is 25.6 Å². The second-order valence-electron chi connectivity index (χ2n) is 3.96. The Morgan fingerprint density at radius 3 is 2.38 bits per heavy atom. The monoisotopic (exact) mass is 187 g/mol. The van der Waals surface area contributed by atoms with Crippen molar-refractivity contribution in [3.05, 3.63) is 0 Å². The van der Waals surface area contributed by atoms with Gasteiger partial charge in [0.25, 0.3) is 0 Å². The van der Waals surface area contributed by atoms with E-state index in [1.807, 2.05) is 0 Å². The number of hydrogen-bond donors (Lipinski definition) is 0. The highest BCUT2D eigenvalue weighted by Gasteiger charge is 2.01. The van der Waals surface area contributed by atoms with E-state index in [1.165, 1.54) is 19.4 Å². The van der Waals surface area contributed by atoms with Gasteiger partial charge in [0.1, 0.15) is 0 Å². The average Bonchev–Trinajstić information content (AvgIpc) is 2.10. The van der Waals surface area contributed by atoms with Crippen LogP contribution in [-0.4, -0.2) is 38.3 Å². The normalized spacial score (nSPS) is 11.5. The summed E-state index contributed by atoms with van der Waals surface area (Å²) in [5, 5.41) is 0. The van der Waals surface area contributed by atoms with E-state index < -0.39 is 0 Å². The molecule has 0 fully saturated rings. The summed E-state index contributed by atoms with van der Waals surface area (Å²) in [4.78, 5) is 2.45. The fraction of sp³-hybridized carbons (Fsp3) is 1.00. The third-order valence-electron chi connectivity index (χ3n) is 2.31. The van der Waals surface area contributed by atoms with E-state index in [4.69, 9.17) is 4.74 Å². The van der Waals surface area contributed by atoms with Gasteiger partial charge in [-0.15, -0.1) is 0 Å². The molecule has 0 spiro atoms. The molecule has 13 heavy (non-hydrogen) atoms. The summed E-state index contributed by atoms with van der Waals surface area (Å²) in [6, 6.07) is 0. The number of ether oxygens (including phenoxy) is 1. The second-order valence-corrected chi connectivity index (χ2v) is 3.96. The first-order chi connectivity index (χ1) is 6.20. The van der Waals surface area contributed by atoms with Crippen LogP contribution in [0, 0.1) is 5.92 Å². The highest BCUT2D eigenvalue weighted by atomic mass is 16.5. The van der Waals surface area contributed by atoms with Gasteiger partial charge in [-0.25, -0.2) is 0 Å². The van der Waals surface area contributed by atoms with E-state index in [1.54, 1.807) is 7.11 Å². The molecular weight excluding hydrogens is 162 g/mol. The summed E-state index contributed by atoms with van der Waals surface area (Å²) in [6.07, 6.45) is 2.65. The Kier molecular flexibility index (Phi) is 8.46. The summed E-state index contributed by atoms with van der Waals surface area (Å²) < 4.78 is 5.06. The lowest BCUT2D eigenvalue weighted by molar-refractivity contribution is 0.149. The molecule has 0 atom stereocenters. The largest absolute Gasteiger partial charge is 0.383 e. The lowest BCUT2D eigenvalue weighted by Gasteiger charge is -2.20. The molecule has 2 nitrogen and oxygen atoms in total. The zero-order valence-electron chi connectivity index (χ0n) is 9.68. The molecule has 0 radical (unpaired) electrons. The second kappa shape index (κ2) is 8.52. The Morgan fingerprint density at radius 1 is 1.23 bits per heavy atom. The summed E-state index contributed by atoms with van der Waals surface area (Å²) in [5.74, 6) is 0.834. The van der Waals surface area contributed by atoms with Crippen molar-refractivity contribution in [1.82, 2.24) is 4.90 Å². The molecule has 0 amide bonds. The standard InChI is InChI=1S/C11H25NO/c1-5-12(9-10-13-4)8-6-7-11(2)3/h11H,5-10H2,1-4H3. The van der Waals surface area contributed by atoms with Crippen molar-refractivity contribution in [2.24, 2.45) is 5.92 Å². The summed E-state index contributed by atoms with van der Waals surface area (Å²) in [6.45, 7) is 11.1. The third-order valence-corrected chi connectivity index (χ3v) is 2.31. The van der Waals surface area contributed by atoms with Crippen LogP contribution in [0.4, 0.5) is 0 Å². The minimum absolute atomic E-state index is 0.834. The maximum atomic E-state index is 5.06. The molecule has 0 aromatic rings. The summed E-state index contributed by atoms with van der Waals surface area (Å²) >= 11 is 0. The van der Waals surface area contributed by atoms with Crippen molar-refractivity contribution in [3.8, 4) is 0 Å². The van der Waals surface area contributed by atoms with E-state index in [9.17, 15) is 0 Å². The molecule has 0 heterocycles. The number of methoxy groups -OCH3 is 1. The van der Waals surface area contributed by atoms with Crippen LogP contribution in [-0.2, 0) is 4.74 Å². The average molecular weight is 187 g/mol. The molecule has 0 N–H and O–H groups in total. The zero-order chi connectivity index (χ0) is 10.1. The fourth-order valence-electron chi connectivity index (χ4n) is 1.37. The Bertz CT molecular complexity index is 104. The summed E-state index contributed by atoms with van der Waals surface area (Å²) in [7, 11) is 1.77. The number of hydrogen-bond acceptors (Lipinski definition) is 2. The van der Waals surface area contributed by atoms with Gasteiger partial charge in [-0.1, -0.05) is 20.8 Å². The molecule has 0 rings (SSSR count). The molecule has 0 unspecified atom stereocenters. The van der Waals surface area contributed by atoms with Crippen LogP contribution in [0.1, 0.15) is 33.6 Å². The molecule has 0 saturated heterocycles. The van der Waals surface area contributed by atoms with Gasteiger partial charge < -0.3 is 9.64 Å². The Morgan fingerprint density at radius 2 is 1.92 bits per heavy atom. The van der Waals surface area contributed by atoms with Gasteiger partial charge in [0, 0.05) is 13.7 Å². The zero-order valence-corrected chi connectivity index (χ0v) is 9.68. The highest BCUT2D eigenvalue weighted by molar-refractivity contribution is 4.56. The number of rotatable bonds is 8. The maximum Gasteiger partial charge on any atom is 0.0589 e. The van der Waals surface area contributed by atoms with Crippen molar-refractivity contribution in [1.29, 1.82) is 0 Å². The minimum Gasteiger partial charge on any atom is -0.383 e. The SMILES string of the molecule is CCN(CCCC(C)C)CCOC. The third kappa shape index (κ3) is 8.26. The van der Waals surface area contributed by atoms with Crippen LogP contribution >= 0.6 is 0 Å². The first-order valence-corrected chi connectivity index (χ1v) is 5.42. The van der Waals surface area contributed by atoms with E-state index in [0.29, 0.717) is 0 Å². The van der Waals surface area contributed by atoms with Crippen LogP contribution in [0.2, 0.25) is 0 Å². The predicted octanol–water partition coefficient (Wildman–Crippen LogP) is 2.39. The molecule has 0 aliphatic heterocycles. The van der Waals surface area contributed by atoms with E-state index >= 15 is 0 Å². The smallest absolute Gasteiger partial charge is 0.0589 e. The maximum absolute atomic E-state index is 5.06. The molecule has 0 aromatic carbocycles. The van der Waals surface area contributed by atoms with Crippen molar-refractivity contribution in [2.45, 2.75) is 33.6 Å². The van der Waals surface area contributed by atoms with Crippen molar-refractivity contribution < 1.29 is 4.74 Å². The van der Waals surface area contributed by atoms with Crippen LogP contribution in [0.3, 0.4) is 0 Å². The van der Waals surface area contributed by atoms with Gasteiger partial charge in [0.2, 0.25) is 0 Å². The quantitative estimate of drug-likeness (QED) is 0.578. The fourth-order valence-corrected chi connectivity index (χ4v) is 1.37. The van der Waals surface area contributed by atoms with Crippen molar-refractivity contribution in [3.63, 3.8) is 0 Å². The molecule has 0 bridgehead atoms. The van der Waals surface area contributed by atoms with Gasteiger partial charge in [-0.2, -0.15) is 0 Å². The topological polar surface area (TPSA) is 12.5 Å². The number of likely N-dealkylation sites (N-methyl/N-ethyl adjacent to an activating group) is 1. The molecular formula is C11H25NO. The van der Waals surface area contributed by atoms with Crippen molar-refractivity contribution in [2.75, 3.05) is 33.4 Å². The van der Waals surface area contributed by atoms with Gasteiger partial charge in [0.15, 0.2) is 0 Å². The molecule has 0 aromatic heterocycles. The van der Waals surface area contributed by atoms with Gasteiger partial charge in [-0.3, -0.25) is 0 Å². The van der Waals surface area contributed by atoms with Crippen LogP contribution in [0.25, 0.3) is 0 Å². The van der Waals surface area contributed by atoms with E-state index in [-0.39, 0.29) is 0 Å².